The van der Waals surface area contributed by atoms with Crippen LogP contribution in [0.2, 0.25) is 0 Å². The van der Waals surface area contributed by atoms with E-state index in [0.717, 1.165) is 57.3 Å². The molecule has 0 aromatic carbocycles. The van der Waals surface area contributed by atoms with Gasteiger partial charge in [-0.3, -0.25) is 0 Å². The fourth-order valence-electron chi connectivity index (χ4n) is 3.88. The number of aromatic nitrogens is 2. The van der Waals surface area contributed by atoms with Crippen LogP contribution >= 0.6 is 0 Å². The first-order chi connectivity index (χ1) is 10.7. The fraction of sp³-hybridized carbons (Fsp3) is 0.750. The molecule has 1 atom stereocenters. The third-order valence-corrected chi connectivity index (χ3v) is 5.26. The molecule has 0 bridgehead atoms. The van der Waals surface area contributed by atoms with Gasteiger partial charge < -0.3 is 19.6 Å². The molecular formula is C16H24N4O2. The van der Waals surface area contributed by atoms with Gasteiger partial charge in [0.2, 0.25) is 5.95 Å². The molecule has 120 valence electrons. The number of aliphatic hydroxyl groups excluding tert-OH is 1. The van der Waals surface area contributed by atoms with Crippen LogP contribution in [0, 0.1) is 0 Å². The molecule has 0 aliphatic carbocycles. The van der Waals surface area contributed by atoms with Crippen LogP contribution in [0.5, 0.6) is 0 Å². The van der Waals surface area contributed by atoms with Crippen LogP contribution in [0.25, 0.3) is 0 Å². The number of aliphatic hydroxyl groups is 1. The quantitative estimate of drug-likeness (QED) is 0.886. The summed E-state index contributed by atoms with van der Waals surface area (Å²) in [5.41, 5.74) is 0.132. The summed E-state index contributed by atoms with van der Waals surface area (Å²) in [7, 11) is 0. The van der Waals surface area contributed by atoms with Gasteiger partial charge in [-0.2, -0.15) is 4.98 Å². The zero-order valence-corrected chi connectivity index (χ0v) is 12.9. The van der Waals surface area contributed by atoms with Crippen molar-refractivity contribution in [2.45, 2.75) is 43.8 Å². The number of hydrogen-bond donors (Lipinski definition) is 1. The Balaban J connectivity index is 1.45. The van der Waals surface area contributed by atoms with Gasteiger partial charge in [-0.25, -0.2) is 4.98 Å². The summed E-state index contributed by atoms with van der Waals surface area (Å²) in [6, 6.07) is 1.94. The largest absolute Gasteiger partial charge is 0.391 e. The summed E-state index contributed by atoms with van der Waals surface area (Å²) in [5.74, 6) is 1.74. The molecule has 1 N–H and O–H groups in total. The standard InChI is InChI=1S/C16H24N4O2/c21-13-3-8-20(12-13)14-2-7-17-15(18-14)19-9-5-16(6-10-19)4-1-11-22-16/h2,7,13,21H,1,3-6,8-12H2. The normalized spacial score (nSPS) is 27.8. The van der Waals surface area contributed by atoms with E-state index in [9.17, 15) is 5.11 Å². The number of rotatable bonds is 2. The molecule has 3 aliphatic heterocycles. The second-order valence-corrected chi connectivity index (χ2v) is 6.73. The van der Waals surface area contributed by atoms with Crippen molar-refractivity contribution in [3.05, 3.63) is 12.3 Å². The van der Waals surface area contributed by atoms with Crippen LogP contribution in [0.1, 0.15) is 32.1 Å². The minimum atomic E-state index is -0.229. The average molecular weight is 304 g/mol. The summed E-state index contributed by atoms with van der Waals surface area (Å²) in [6.07, 6.45) is 6.97. The van der Waals surface area contributed by atoms with Gasteiger partial charge in [0, 0.05) is 39.0 Å². The predicted octanol–water partition coefficient (Wildman–Crippen LogP) is 1.20. The molecule has 3 fully saturated rings. The Morgan fingerprint density at radius 2 is 2.05 bits per heavy atom. The Kier molecular flexibility index (Phi) is 3.66. The molecule has 22 heavy (non-hydrogen) atoms. The predicted molar refractivity (Wildman–Crippen MR) is 84.2 cm³/mol. The molecule has 1 spiro atoms. The third kappa shape index (κ3) is 2.65. The lowest BCUT2D eigenvalue weighted by atomic mass is 9.89. The summed E-state index contributed by atoms with van der Waals surface area (Å²) in [6.45, 7) is 4.39. The molecule has 6 nitrogen and oxygen atoms in total. The van der Waals surface area contributed by atoms with E-state index in [1.54, 1.807) is 0 Å². The number of β-amino-alcohol motifs (C(OH)–C–C–N with tert-alkyl or cyclic N) is 1. The zero-order valence-electron chi connectivity index (χ0n) is 12.9. The van der Waals surface area contributed by atoms with Crippen LogP contribution in [-0.2, 0) is 4.74 Å². The molecule has 0 amide bonds. The van der Waals surface area contributed by atoms with Crippen molar-refractivity contribution in [3.8, 4) is 0 Å². The number of piperidine rings is 1. The van der Waals surface area contributed by atoms with E-state index < -0.39 is 0 Å². The molecule has 0 saturated carbocycles. The molecule has 3 saturated heterocycles. The fourth-order valence-corrected chi connectivity index (χ4v) is 3.88. The van der Waals surface area contributed by atoms with Gasteiger partial charge in [-0.05, 0) is 38.2 Å². The Bertz CT molecular complexity index is 523. The van der Waals surface area contributed by atoms with Crippen LogP contribution in [0.4, 0.5) is 11.8 Å². The average Bonchev–Trinajstić information content (AvgIpc) is 3.18. The summed E-state index contributed by atoms with van der Waals surface area (Å²) in [5, 5.41) is 9.69. The summed E-state index contributed by atoms with van der Waals surface area (Å²) >= 11 is 0. The molecule has 6 heteroatoms. The van der Waals surface area contributed by atoms with Gasteiger partial charge in [0.1, 0.15) is 5.82 Å². The first-order valence-corrected chi connectivity index (χ1v) is 8.39. The van der Waals surface area contributed by atoms with Gasteiger partial charge in [0.05, 0.1) is 11.7 Å². The highest BCUT2D eigenvalue weighted by Gasteiger charge is 2.38. The first kappa shape index (κ1) is 14.2. The maximum atomic E-state index is 9.69. The van der Waals surface area contributed by atoms with E-state index in [1.807, 2.05) is 12.3 Å². The van der Waals surface area contributed by atoms with Crippen LogP contribution in [0.3, 0.4) is 0 Å². The minimum absolute atomic E-state index is 0.132. The second kappa shape index (κ2) is 5.66. The summed E-state index contributed by atoms with van der Waals surface area (Å²) in [4.78, 5) is 13.6. The molecule has 3 aliphatic rings. The van der Waals surface area contributed by atoms with Crippen molar-refractivity contribution in [1.29, 1.82) is 0 Å². The Hall–Kier alpha value is -1.40. The van der Waals surface area contributed by atoms with E-state index >= 15 is 0 Å². The highest BCUT2D eigenvalue weighted by Crippen LogP contribution is 2.36. The number of nitrogens with zero attached hydrogens (tertiary/aromatic N) is 4. The molecule has 0 radical (unpaired) electrons. The highest BCUT2D eigenvalue weighted by atomic mass is 16.5. The maximum absolute atomic E-state index is 9.69. The van der Waals surface area contributed by atoms with E-state index in [-0.39, 0.29) is 11.7 Å². The number of hydrogen-bond acceptors (Lipinski definition) is 6. The van der Waals surface area contributed by atoms with Gasteiger partial charge in [-0.15, -0.1) is 0 Å². The first-order valence-electron chi connectivity index (χ1n) is 8.39. The number of anilines is 2. The Morgan fingerprint density at radius 1 is 1.18 bits per heavy atom. The lowest BCUT2D eigenvalue weighted by Crippen LogP contribution is -2.44. The Morgan fingerprint density at radius 3 is 2.73 bits per heavy atom. The van der Waals surface area contributed by atoms with Gasteiger partial charge >= 0.3 is 0 Å². The van der Waals surface area contributed by atoms with Gasteiger partial charge in [0.25, 0.3) is 0 Å². The van der Waals surface area contributed by atoms with Crippen LogP contribution in [-0.4, -0.2) is 59.6 Å². The van der Waals surface area contributed by atoms with Gasteiger partial charge in [0.15, 0.2) is 0 Å². The van der Waals surface area contributed by atoms with Gasteiger partial charge in [-0.1, -0.05) is 0 Å². The van der Waals surface area contributed by atoms with Crippen LogP contribution < -0.4 is 9.80 Å². The SMILES string of the molecule is OC1CCN(c2ccnc(N3CCC4(CCCO4)CC3)n2)C1. The molecular weight excluding hydrogens is 280 g/mol. The smallest absolute Gasteiger partial charge is 0.227 e. The van der Waals surface area contributed by atoms with Crippen molar-refractivity contribution in [3.63, 3.8) is 0 Å². The lowest BCUT2D eigenvalue weighted by molar-refractivity contribution is -0.0147. The highest BCUT2D eigenvalue weighted by molar-refractivity contribution is 5.45. The van der Waals surface area contributed by atoms with E-state index in [2.05, 4.69) is 14.8 Å². The van der Waals surface area contributed by atoms with Crippen molar-refractivity contribution in [2.24, 2.45) is 0 Å². The van der Waals surface area contributed by atoms with E-state index in [4.69, 9.17) is 9.72 Å². The lowest BCUT2D eigenvalue weighted by Gasteiger charge is -2.38. The third-order valence-electron chi connectivity index (χ3n) is 5.26. The molecule has 1 aromatic heterocycles. The molecule has 4 heterocycles. The molecule has 1 aromatic rings. The topological polar surface area (TPSA) is 61.7 Å². The van der Waals surface area contributed by atoms with Crippen molar-refractivity contribution < 1.29 is 9.84 Å². The van der Waals surface area contributed by atoms with Crippen molar-refractivity contribution in [1.82, 2.24) is 9.97 Å². The second-order valence-electron chi connectivity index (χ2n) is 6.73. The summed E-state index contributed by atoms with van der Waals surface area (Å²) < 4.78 is 5.98. The minimum Gasteiger partial charge on any atom is -0.391 e. The van der Waals surface area contributed by atoms with E-state index in [1.165, 1.54) is 12.8 Å². The molecule has 4 rings (SSSR count). The van der Waals surface area contributed by atoms with Crippen molar-refractivity contribution >= 4 is 11.8 Å². The van der Waals surface area contributed by atoms with E-state index in [0.29, 0.717) is 6.54 Å². The van der Waals surface area contributed by atoms with Crippen LogP contribution in [0.15, 0.2) is 12.3 Å². The molecule has 1 unspecified atom stereocenters. The zero-order chi connectivity index (χ0) is 15.0. The monoisotopic (exact) mass is 304 g/mol. The Labute approximate surface area is 131 Å². The maximum Gasteiger partial charge on any atom is 0.227 e. The number of ether oxygens (including phenoxy) is 1. The van der Waals surface area contributed by atoms with Crippen molar-refractivity contribution in [2.75, 3.05) is 42.6 Å².